The predicted octanol–water partition coefficient (Wildman–Crippen LogP) is 3.60. The lowest BCUT2D eigenvalue weighted by atomic mass is 9.98. The Hall–Kier alpha value is -3.20. The second-order valence-electron chi connectivity index (χ2n) is 6.72. The van der Waals surface area contributed by atoms with Crippen molar-refractivity contribution in [2.75, 3.05) is 0 Å². The smallest absolute Gasteiger partial charge is 0.264 e. The van der Waals surface area contributed by atoms with Gasteiger partial charge in [0, 0.05) is 21.5 Å². The molecule has 0 spiro atoms. The number of benzene rings is 3. The Morgan fingerprint density at radius 1 is 0.880 bits per heavy atom. The molecule has 2 heterocycles. The first kappa shape index (κ1) is 13.1. The fourth-order valence-corrected chi connectivity index (χ4v) is 4.34. The summed E-state index contributed by atoms with van der Waals surface area (Å²) in [5, 5.41) is 6.02. The Morgan fingerprint density at radius 2 is 1.68 bits per heavy atom. The van der Waals surface area contributed by atoms with Crippen LogP contribution in [0.3, 0.4) is 0 Å². The number of nitrogens with zero attached hydrogens (tertiary/aromatic N) is 2. The van der Waals surface area contributed by atoms with Crippen LogP contribution in [0.1, 0.15) is 12.0 Å². The summed E-state index contributed by atoms with van der Waals surface area (Å²) in [6.45, 7) is 0. The van der Waals surface area contributed by atoms with Crippen molar-refractivity contribution in [2.45, 2.75) is 12.8 Å². The van der Waals surface area contributed by atoms with Gasteiger partial charge >= 0.3 is 0 Å². The summed E-state index contributed by atoms with van der Waals surface area (Å²) in [6.07, 6.45) is 4.20. The molecule has 0 saturated heterocycles. The fraction of sp³-hybridized carbons (Fsp3) is 0.0909. The van der Waals surface area contributed by atoms with Gasteiger partial charge in [-0.3, -0.25) is 9.20 Å². The molecule has 2 aromatic heterocycles. The zero-order valence-corrected chi connectivity index (χ0v) is 13.5. The molecule has 0 saturated carbocycles. The molecule has 0 aliphatic heterocycles. The van der Waals surface area contributed by atoms with Crippen molar-refractivity contribution in [1.82, 2.24) is 9.38 Å². The van der Waals surface area contributed by atoms with Crippen LogP contribution in [-0.4, -0.2) is 9.38 Å². The Kier molecular flexibility index (Phi) is 2.34. The van der Waals surface area contributed by atoms with Gasteiger partial charge in [-0.05, 0) is 35.9 Å². The highest BCUT2D eigenvalue weighted by molar-refractivity contribution is 6.14. The summed E-state index contributed by atoms with van der Waals surface area (Å²) >= 11 is 0. The number of fused-ring (bicyclic) bond motifs is 3. The number of aromatic nitrogens is 2. The third-order valence-electron chi connectivity index (χ3n) is 5.39. The van der Waals surface area contributed by atoms with Crippen LogP contribution in [0.4, 0.5) is 0 Å². The summed E-state index contributed by atoms with van der Waals surface area (Å²) in [6, 6.07) is 18.3. The Bertz CT molecular complexity index is 1460. The van der Waals surface area contributed by atoms with Crippen LogP contribution in [0, 0.1) is 0 Å². The zero-order chi connectivity index (χ0) is 16.5. The van der Waals surface area contributed by atoms with Gasteiger partial charge in [0.25, 0.3) is 5.56 Å². The van der Waals surface area contributed by atoms with E-state index in [0.29, 0.717) is 0 Å². The Balaban J connectivity index is 2.07. The predicted molar refractivity (Wildman–Crippen MR) is 102 cm³/mol. The SMILES string of the molecule is O=c1c2cccc3cccc(c32)c2nc3c4c(cccc4n12)CCC=3. The van der Waals surface area contributed by atoms with Crippen LogP contribution in [0.5, 0.6) is 0 Å². The molecule has 5 aromatic rings. The van der Waals surface area contributed by atoms with Gasteiger partial charge < -0.3 is 0 Å². The zero-order valence-electron chi connectivity index (χ0n) is 13.5. The average molecular weight is 322 g/mol. The molecule has 118 valence electrons. The molecular formula is C22H14N2O. The standard InChI is InChI=1S/C22H14N2O/c25-22-16-10-2-6-13-5-1-9-15(19(13)16)21-23-17-11-3-7-14-8-4-12-18(20(14)17)24(21)22/h1-2,4-6,8-12H,3,7H2. The molecule has 1 aliphatic carbocycles. The minimum Gasteiger partial charge on any atom is -0.268 e. The molecule has 3 aromatic carbocycles. The van der Waals surface area contributed by atoms with Crippen LogP contribution in [-0.2, 0) is 6.42 Å². The average Bonchev–Trinajstić information content (AvgIpc) is 2.66. The molecule has 0 atom stereocenters. The molecule has 6 rings (SSSR count). The summed E-state index contributed by atoms with van der Waals surface area (Å²) in [5.74, 6) is 0. The Labute approximate surface area is 142 Å². The van der Waals surface area contributed by atoms with Gasteiger partial charge in [-0.2, -0.15) is 0 Å². The summed E-state index contributed by atoms with van der Waals surface area (Å²) in [7, 11) is 0. The topological polar surface area (TPSA) is 34.4 Å². The molecular weight excluding hydrogens is 308 g/mol. The van der Waals surface area contributed by atoms with Gasteiger partial charge in [-0.15, -0.1) is 0 Å². The van der Waals surface area contributed by atoms with E-state index in [0.717, 1.165) is 56.3 Å². The highest BCUT2D eigenvalue weighted by Crippen LogP contribution is 2.28. The molecule has 1 aliphatic rings. The van der Waals surface area contributed by atoms with Gasteiger partial charge in [0.1, 0.15) is 5.65 Å². The van der Waals surface area contributed by atoms with Crippen molar-refractivity contribution in [3.8, 4) is 0 Å². The molecule has 0 bridgehead atoms. The first-order chi connectivity index (χ1) is 12.3. The quantitative estimate of drug-likeness (QED) is 0.322. The van der Waals surface area contributed by atoms with Crippen molar-refractivity contribution < 1.29 is 0 Å². The number of rotatable bonds is 0. The maximum Gasteiger partial charge on any atom is 0.264 e. The number of aryl methyl sites for hydroxylation is 1. The van der Waals surface area contributed by atoms with E-state index in [4.69, 9.17) is 4.98 Å². The molecule has 0 amide bonds. The Morgan fingerprint density at radius 3 is 2.56 bits per heavy atom. The van der Waals surface area contributed by atoms with Crippen LogP contribution in [0.25, 0.3) is 44.2 Å². The maximum atomic E-state index is 13.4. The second kappa shape index (κ2) is 4.45. The second-order valence-corrected chi connectivity index (χ2v) is 6.72. The fourth-order valence-electron chi connectivity index (χ4n) is 4.34. The monoisotopic (exact) mass is 322 g/mol. The molecule has 25 heavy (non-hydrogen) atoms. The minimum absolute atomic E-state index is 0.0149. The lowest BCUT2D eigenvalue weighted by Crippen LogP contribution is -2.23. The molecule has 0 radical (unpaired) electrons. The number of hydrogen-bond acceptors (Lipinski definition) is 2. The molecule has 3 nitrogen and oxygen atoms in total. The van der Waals surface area contributed by atoms with Gasteiger partial charge in [0.2, 0.25) is 0 Å². The minimum atomic E-state index is 0.0149. The molecule has 0 N–H and O–H groups in total. The van der Waals surface area contributed by atoms with Gasteiger partial charge in [0.15, 0.2) is 0 Å². The maximum absolute atomic E-state index is 13.4. The van der Waals surface area contributed by atoms with Crippen molar-refractivity contribution in [3.63, 3.8) is 0 Å². The third kappa shape index (κ3) is 1.55. The summed E-state index contributed by atoms with van der Waals surface area (Å²) in [5.41, 5.74) is 3.01. The van der Waals surface area contributed by atoms with Crippen LogP contribution in [0.15, 0.2) is 59.4 Å². The molecule has 0 unspecified atom stereocenters. The van der Waals surface area contributed by atoms with Gasteiger partial charge in [-0.1, -0.05) is 48.5 Å². The van der Waals surface area contributed by atoms with E-state index >= 15 is 0 Å². The van der Waals surface area contributed by atoms with E-state index in [1.807, 2.05) is 24.3 Å². The van der Waals surface area contributed by atoms with E-state index in [9.17, 15) is 4.79 Å². The van der Waals surface area contributed by atoms with Crippen molar-refractivity contribution in [3.05, 3.63) is 75.9 Å². The highest BCUT2D eigenvalue weighted by Gasteiger charge is 2.16. The molecule has 3 heteroatoms. The third-order valence-corrected chi connectivity index (χ3v) is 5.39. The number of pyridine rings is 1. The lowest BCUT2D eigenvalue weighted by molar-refractivity contribution is 1.01. The van der Waals surface area contributed by atoms with Gasteiger partial charge in [-0.25, -0.2) is 4.98 Å². The largest absolute Gasteiger partial charge is 0.268 e. The summed E-state index contributed by atoms with van der Waals surface area (Å²) in [4.78, 5) is 18.3. The van der Waals surface area contributed by atoms with Crippen molar-refractivity contribution in [1.29, 1.82) is 0 Å². The van der Waals surface area contributed by atoms with E-state index in [-0.39, 0.29) is 5.56 Å². The highest BCUT2D eigenvalue weighted by atomic mass is 16.1. The van der Waals surface area contributed by atoms with Crippen molar-refractivity contribution in [2.24, 2.45) is 0 Å². The van der Waals surface area contributed by atoms with E-state index in [2.05, 4.69) is 36.4 Å². The van der Waals surface area contributed by atoms with Gasteiger partial charge in [0.05, 0.1) is 10.9 Å². The van der Waals surface area contributed by atoms with Crippen molar-refractivity contribution >= 4 is 44.2 Å². The molecule has 0 fully saturated rings. The number of hydrogen-bond donors (Lipinski definition) is 0. The lowest BCUT2D eigenvalue weighted by Gasteiger charge is -2.16. The van der Waals surface area contributed by atoms with E-state index in [1.54, 1.807) is 4.40 Å². The summed E-state index contributed by atoms with van der Waals surface area (Å²) < 4.78 is 1.80. The van der Waals surface area contributed by atoms with Crippen LogP contribution < -0.4 is 10.9 Å². The van der Waals surface area contributed by atoms with Crippen LogP contribution >= 0.6 is 0 Å². The van der Waals surface area contributed by atoms with E-state index in [1.165, 1.54) is 5.56 Å². The first-order valence-corrected chi connectivity index (χ1v) is 8.60. The van der Waals surface area contributed by atoms with E-state index < -0.39 is 0 Å². The first-order valence-electron chi connectivity index (χ1n) is 8.60. The van der Waals surface area contributed by atoms with Crippen LogP contribution in [0.2, 0.25) is 0 Å². The normalized spacial score (nSPS) is 13.8.